The van der Waals surface area contributed by atoms with Crippen molar-refractivity contribution in [2.75, 3.05) is 0 Å². The van der Waals surface area contributed by atoms with Crippen LogP contribution in [0, 0.1) is 11.7 Å². The number of hydrogen-bond donors (Lipinski definition) is 0. The molecule has 0 atom stereocenters. The van der Waals surface area contributed by atoms with E-state index in [-0.39, 0.29) is 5.82 Å². The number of tetrazole rings is 1. The molecule has 1 aromatic carbocycles. The van der Waals surface area contributed by atoms with Crippen molar-refractivity contribution in [1.29, 1.82) is 0 Å². The van der Waals surface area contributed by atoms with Gasteiger partial charge < -0.3 is 4.42 Å². The van der Waals surface area contributed by atoms with Gasteiger partial charge in [0.05, 0.1) is 5.69 Å². The summed E-state index contributed by atoms with van der Waals surface area (Å²) in [4.78, 5) is 4.38. The van der Waals surface area contributed by atoms with Crippen molar-refractivity contribution >= 4 is 11.8 Å². The highest BCUT2D eigenvalue weighted by Gasteiger charge is 2.12. The Kier molecular flexibility index (Phi) is 4.71. The summed E-state index contributed by atoms with van der Waals surface area (Å²) in [5, 5.41) is 12.4. The lowest BCUT2D eigenvalue weighted by molar-refractivity contribution is 0.445. The minimum absolute atomic E-state index is 0.315. The summed E-state index contributed by atoms with van der Waals surface area (Å²) in [6.45, 7) is 4.99. The second-order valence-corrected chi connectivity index (χ2v) is 6.42. The fourth-order valence-corrected chi connectivity index (χ4v) is 2.79. The Morgan fingerprint density at radius 3 is 3.00 bits per heavy atom. The molecular formula is C15H16FN5OS. The quantitative estimate of drug-likeness (QED) is 0.644. The van der Waals surface area contributed by atoms with Crippen molar-refractivity contribution < 1.29 is 8.81 Å². The summed E-state index contributed by atoms with van der Waals surface area (Å²) >= 11 is 1.49. The van der Waals surface area contributed by atoms with Crippen LogP contribution in [0.5, 0.6) is 0 Å². The van der Waals surface area contributed by atoms with Crippen LogP contribution in [0.4, 0.5) is 4.39 Å². The van der Waals surface area contributed by atoms with E-state index in [4.69, 9.17) is 4.42 Å². The molecule has 3 rings (SSSR count). The first-order valence-corrected chi connectivity index (χ1v) is 8.19. The number of nitrogens with zero attached hydrogens (tertiary/aromatic N) is 5. The number of benzene rings is 1. The molecule has 6 nitrogen and oxygen atoms in total. The zero-order valence-electron chi connectivity index (χ0n) is 12.8. The zero-order chi connectivity index (χ0) is 16.2. The molecule has 0 saturated heterocycles. The Balaban J connectivity index is 1.67. The van der Waals surface area contributed by atoms with Crippen molar-refractivity contribution in [3.8, 4) is 11.5 Å². The van der Waals surface area contributed by atoms with Crippen molar-refractivity contribution in [3.63, 3.8) is 0 Å². The van der Waals surface area contributed by atoms with Gasteiger partial charge in [-0.2, -0.15) is 0 Å². The highest BCUT2D eigenvalue weighted by Crippen LogP contribution is 2.24. The molecule has 0 amide bonds. The van der Waals surface area contributed by atoms with Crippen LogP contribution in [-0.2, 0) is 12.3 Å². The van der Waals surface area contributed by atoms with E-state index in [0.29, 0.717) is 23.1 Å². The maximum atomic E-state index is 13.2. The zero-order valence-corrected chi connectivity index (χ0v) is 13.6. The van der Waals surface area contributed by atoms with Crippen LogP contribution in [0.2, 0.25) is 0 Å². The topological polar surface area (TPSA) is 69.6 Å². The molecule has 3 aromatic rings. The van der Waals surface area contributed by atoms with Gasteiger partial charge in [-0.1, -0.05) is 31.7 Å². The lowest BCUT2D eigenvalue weighted by Gasteiger charge is -2.05. The van der Waals surface area contributed by atoms with Crippen LogP contribution < -0.4 is 0 Å². The van der Waals surface area contributed by atoms with Gasteiger partial charge in [0.2, 0.25) is 11.0 Å². The highest BCUT2D eigenvalue weighted by molar-refractivity contribution is 7.98. The predicted octanol–water partition coefficient (Wildman–Crippen LogP) is 3.42. The molecule has 0 fully saturated rings. The largest absolute Gasteiger partial charge is 0.444 e. The molecule has 2 heterocycles. The average molecular weight is 333 g/mol. The van der Waals surface area contributed by atoms with Crippen LogP contribution in [0.15, 0.2) is 40.1 Å². The number of oxazole rings is 1. The average Bonchev–Trinajstić information content (AvgIpc) is 3.14. The molecule has 0 aliphatic heterocycles. The first-order chi connectivity index (χ1) is 11.1. The molecule has 0 unspecified atom stereocenters. The SMILES string of the molecule is CC(C)Cn1nnnc1SCc1coc(-c2cccc(F)c2)n1. The van der Waals surface area contributed by atoms with Crippen molar-refractivity contribution in [3.05, 3.63) is 42.0 Å². The van der Waals surface area contributed by atoms with E-state index in [0.717, 1.165) is 17.4 Å². The summed E-state index contributed by atoms with van der Waals surface area (Å²) in [6, 6.07) is 6.17. The fourth-order valence-electron chi connectivity index (χ4n) is 2.03. The normalized spacial score (nSPS) is 11.3. The van der Waals surface area contributed by atoms with Gasteiger partial charge in [-0.05, 0) is 34.5 Å². The Morgan fingerprint density at radius 1 is 1.35 bits per heavy atom. The van der Waals surface area contributed by atoms with E-state index >= 15 is 0 Å². The van der Waals surface area contributed by atoms with Gasteiger partial charge in [-0.15, -0.1) is 5.10 Å². The Hall–Kier alpha value is -2.22. The summed E-state index contributed by atoms with van der Waals surface area (Å²) in [7, 11) is 0. The predicted molar refractivity (Wildman–Crippen MR) is 84.1 cm³/mol. The third-order valence-corrected chi connectivity index (χ3v) is 4.00. The van der Waals surface area contributed by atoms with Gasteiger partial charge in [0.25, 0.3) is 0 Å². The van der Waals surface area contributed by atoms with E-state index in [1.807, 2.05) is 0 Å². The second-order valence-electron chi connectivity index (χ2n) is 5.48. The molecule has 0 aliphatic rings. The van der Waals surface area contributed by atoms with Crippen molar-refractivity contribution in [1.82, 2.24) is 25.2 Å². The molecule has 0 N–H and O–H groups in total. The summed E-state index contributed by atoms with van der Waals surface area (Å²) in [6.07, 6.45) is 1.57. The van der Waals surface area contributed by atoms with Crippen molar-refractivity contribution in [2.24, 2.45) is 5.92 Å². The van der Waals surface area contributed by atoms with E-state index in [1.54, 1.807) is 23.1 Å². The number of thioether (sulfide) groups is 1. The summed E-state index contributed by atoms with van der Waals surface area (Å²) in [5.41, 5.74) is 1.37. The van der Waals surface area contributed by atoms with E-state index in [1.165, 1.54) is 23.9 Å². The molecule has 23 heavy (non-hydrogen) atoms. The molecular weight excluding hydrogens is 317 g/mol. The molecule has 0 radical (unpaired) electrons. The molecule has 8 heteroatoms. The van der Waals surface area contributed by atoms with Crippen LogP contribution in [-0.4, -0.2) is 25.2 Å². The van der Waals surface area contributed by atoms with Crippen LogP contribution >= 0.6 is 11.8 Å². The third-order valence-electron chi connectivity index (χ3n) is 3.01. The lowest BCUT2D eigenvalue weighted by Crippen LogP contribution is -2.07. The molecule has 0 aliphatic carbocycles. The second kappa shape index (κ2) is 6.91. The third kappa shape index (κ3) is 3.95. The number of rotatable bonds is 6. The number of hydrogen-bond acceptors (Lipinski definition) is 6. The smallest absolute Gasteiger partial charge is 0.226 e. The molecule has 120 valence electrons. The Bertz CT molecular complexity index is 786. The first kappa shape index (κ1) is 15.7. The Labute approximate surface area is 137 Å². The minimum atomic E-state index is -0.315. The van der Waals surface area contributed by atoms with Gasteiger partial charge >= 0.3 is 0 Å². The van der Waals surface area contributed by atoms with Gasteiger partial charge in [-0.25, -0.2) is 14.1 Å². The standard InChI is InChI=1S/C15H16FN5OS/c1-10(2)7-21-15(18-19-20-21)23-9-13-8-22-14(17-13)11-4-3-5-12(16)6-11/h3-6,8,10H,7,9H2,1-2H3. The van der Waals surface area contributed by atoms with Crippen molar-refractivity contribution in [2.45, 2.75) is 31.3 Å². The van der Waals surface area contributed by atoms with Gasteiger partial charge in [0.15, 0.2) is 0 Å². The number of halogens is 1. The van der Waals surface area contributed by atoms with Crippen LogP contribution in [0.25, 0.3) is 11.5 Å². The monoisotopic (exact) mass is 333 g/mol. The molecule has 0 spiro atoms. The molecule has 2 aromatic heterocycles. The fraction of sp³-hybridized carbons (Fsp3) is 0.333. The molecule has 0 saturated carbocycles. The van der Waals surface area contributed by atoms with Gasteiger partial charge in [-0.3, -0.25) is 0 Å². The first-order valence-electron chi connectivity index (χ1n) is 7.21. The van der Waals surface area contributed by atoms with E-state index in [9.17, 15) is 4.39 Å². The summed E-state index contributed by atoms with van der Waals surface area (Å²) in [5.74, 6) is 1.13. The van der Waals surface area contributed by atoms with E-state index < -0.39 is 0 Å². The van der Waals surface area contributed by atoms with Crippen LogP contribution in [0.1, 0.15) is 19.5 Å². The highest BCUT2D eigenvalue weighted by atomic mass is 32.2. The van der Waals surface area contributed by atoms with E-state index in [2.05, 4.69) is 34.4 Å². The maximum Gasteiger partial charge on any atom is 0.226 e. The maximum absolute atomic E-state index is 13.2. The lowest BCUT2D eigenvalue weighted by atomic mass is 10.2. The van der Waals surface area contributed by atoms with Gasteiger partial charge in [0, 0.05) is 17.9 Å². The Morgan fingerprint density at radius 2 is 2.22 bits per heavy atom. The van der Waals surface area contributed by atoms with Crippen LogP contribution in [0.3, 0.4) is 0 Å². The summed E-state index contributed by atoms with van der Waals surface area (Å²) < 4.78 is 20.4. The molecule has 0 bridgehead atoms. The number of aromatic nitrogens is 5. The van der Waals surface area contributed by atoms with Gasteiger partial charge in [0.1, 0.15) is 12.1 Å². The minimum Gasteiger partial charge on any atom is -0.444 e.